The Kier molecular flexibility index (Phi) is 4.09. The lowest BCUT2D eigenvalue weighted by molar-refractivity contribution is 0.0792. The van der Waals surface area contributed by atoms with Gasteiger partial charge in [0.15, 0.2) is 0 Å². The number of likely N-dealkylation sites (tertiary alicyclic amines) is 1. The van der Waals surface area contributed by atoms with Crippen molar-refractivity contribution in [2.75, 3.05) is 32.8 Å². The molecule has 2 atom stereocenters. The van der Waals surface area contributed by atoms with Gasteiger partial charge >= 0.3 is 0 Å². The lowest BCUT2D eigenvalue weighted by Crippen LogP contribution is -2.33. The predicted octanol–water partition coefficient (Wildman–Crippen LogP) is 2.73. The number of fused-ring (bicyclic) bond motifs is 1. The summed E-state index contributed by atoms with van der Waals surface area (Å²) in [7, 11) is 0. The van der Waals surface area contributed by atoms with Crippen LogP contribution in [0.2, 0.25) is 0 Å². The molecule has 2 unspecified atom stereocenters. The molecule has 2 nitrogen and oxygen atoms in total. The van der Waals surface area contributed by atoms with E-state index >= 15 is 0 Å². The number of hydrogen-bond acceptors (Lipinski definition) is 2. The molecule has 1 aliphatic heterocycles. The third-order valence-electron chi connectivity index (χ3n) is 4.29. The summed E-state index contributed by atoms with van der Waals surface area (Å²) in [5.74, 6) is 0.765. The molecular formula is C14H26FNO. The molecule has 3 rings (SSSR count). The highest BCUT2D eigenvalue weighted by Gasteiger charge is 2.58. The summed E-state index contributed by atoms with van der Waals surface area (Å²) in [6.07, 6.45) is 2.14. The first-order valence-electron chi connectivity index (χ1n) is 7.18. The van der Waals surface area contributed by atoms with Crippen molar-refractivity contribution in [1.82, 2.24) is 4.90 Å². The van der Waals surface area contributed by atoms with Gasteiger partial charge in [0.1, 0.15) is 6.17 Å². The minimum absolute atomic E-state index is 0.382. The molecule has 1 heterocycles. The zero-order chi connectivity index (χ0) is 12.5. The lowest BCUT2D eigenvalue weighted by Gasteiger charge is -2.24. The third kappa shape index (κ3) is 2.82. The van der Waals surface area contributed by atoms with E-state index in [-0.39, 0.29) is 0 Å². The summed E-state index contributed by atoms with van der Waals surface area (Å²) in [6, 6.07) is 0. The minimum Gasteiger partial charge on any atom is -0.381 e. The third-order valence-corrected chi connectivity index (χ3v) is 4.29. The van der Waals surface area contributed by atoms with Crippen LogP contribution in [0.15, 0.2) is 0 Å². The van der Waals surface area contributed by atoms with E-state index in [0.717, 1.165) is 32.8 Å². The van der Waals surface area contributed by atoms with Crippen LogP contribution in [-0.4, -0.2) is 43.9 Å². The van der Waals surface area contributed by atoms with Crippen molar-refractivity contribution in [3.63, 3.8) is 0 Å². The molecule has 0 radical (unpaired) electrons. The minimum atomic E-state index is -0.469. The van der Waals surface area contributed by atoms with E-state index in [9.17, 15) is 4.39 Å². The van der Waals surface area contributed by atoms with Crippen LogP contribution in [0, 0.1) is 17.3 Å². The number of piperidine rings is 1. The van der Waals surface area contributed by atoms with Crippen molar-refractivity contribution >= 4 is 0 Å². The van der Waals surface area contributed by atoms with Crippen LogP contribution in [0.5, 0.6) is 0 Å². The van der Waals surface area contributed by atoms with E-state index in [2.05, 4.69) is 11.8 Å². The van der Waals surface area contributed by atoms with Crippen molar-refractivity contribution in [1.29, 1.82) is 0 Å². The average Bonchev–Trinajstić information content (AvgIpc) is 3.18. The van der Waals surface area contributed by atoms with Crippen LogP contribution in [-0.2, 0) is 4.74 Å². The molecule has 2 aliphatic carbocycles. The Hall–Kier alpha value is -0.150. The van der Waals surface area contributed by atoms with Gasteiger partial charge < -0.3 is 9.64 Å². The first-order chi connectivity index (χ1) is 8.24. The van der Waals surface area contributed by atoms with Gasteiger partial charge in [0.25, 0.3) is 0 Å². The van der Waals surface area contributed by atoms with E-state index in [1.165, 1.54) is 12.8 Å². The summed E-state index contributed by atoms with van der Waals surface area (Å²) in [5.41, 5.74) is 0.443. The molecule has 0 amide bonds. The fraction of sp³-hybridized carbons (Fsp3) is 1.00. The smallest absolute Gasteiger partial charge is 0.109 e. The van der Waals surface area contributed by atoms with E-state index < -0.39 is 6.17 Å². The maximum atomic E-state index is 13.0. The van der Waals surface area contributed by atoms with E-state index in [4.69, 9.17) is 4.74 Å². The fourth-order valence-corrected chi connectivity index (χ4v) is 2.99. The molecule has 0 N–H and O–H groups in total. The zero-order valence-corrected chi connectivity index (χ0v) is 11.4. The van der Waals surface area contributed by atoms with E-state index in [0.29, 0.717) is 17.3 Å². The van der Waals surface area contributed by atoms with Crippen LogP contribution < -0.4 is 0 Å². The Morgan fingerprint density at radius 1 is 1.24 bits per heavy atom. The van der Waals surface area contributed by atoms with Crippen LogP contribution in [0.3, 0.4) is 0 Å². The fourth-order valence-electron chi connectivity index (χ4n) is 2.99. The number of alkyl halides is 1. The van der Waals surface area contributed by atoms with Crippen molar-refractivity contribution < 1.29 is 9.13 Å². The number of ether oxygens (including phenoxy) is 1. The van der Waals surface area contributed by atoms with Gasteiger partial charge in [-0.1, -0.05) is 13.8 Å². The van der Waals surface area contributed by atoms with Gasteiger partial charge in [0.05, 0.1) is 6.61 Å². The molecule has 0 aromatic rings. The highest BCUT2D eigenvalue weighted by molar-refractivity contribution is 5.08. The normalized spacial score (nSPS) is 37.1. The molecule has 1 saturated heterocycles. The maximum Gasteiger partial charge on any atom is 0.109 e. The quantitative estimate of drug-likeness (QED) is 0.736. The number of hydrogen-bond donors (Lipinski definition) is 0. The van der Waals surface area contributed by atoms with Crippen molar-refractivity contribution in [2.24, 2.45) is 17.3 Å². The van der Waals surface area contributed by atoms with Crippen LogP contribution in [0.1, 0.15) is 33.6 Å². The van der Waals surface area contributed by atoms with Gasteiger partial charge in [-0.2, -0.15) is 0 Å². The van der Waals surface area contributed by atoms with Gasteiger partial charge in [0, 0.05) is 43.5 Å². The Labute approximate surface area is 105 Å². The summed E-state index contributed by atoms with van der Waals surface area (Å²) in [5, 5.41) is 0. The average molecular weight is 243 g/mol. The Morgan fingerprint density at radius 2 is 1.82 bits per heavy atom. The summed E-state index contributed by atoms with van der Waals surface area (Å²) >= 11 is 0. The van der Waals surface area contributed by atoms with Crippen LogP contribution >= 0.6 is 0 Å². The lowest BCUT2D eigenvalue weighted by atomic mass is 10.1. The second-order valence-corrected chi connectivity index (χ2v) is 5.60. The first-order valence-corrected chi connectivity index (χ1v) is 7.18. The standard InChI is InChI=1S/C12H20FNO.C2H6/c1-2-15-8-12(3-4-12)7-14-5-9-10(6-14)11(9)13;1-2/h9-11H,2-8H2,1H3;1-2H3. The first kappa shape index (κ1) is 13.3. The van der Waals surface area contributed by atoms with Crippen LogP contribution in [0.25, 0.3) is 0 Å². The van der Waals surface area contributed by atoms with Crippen molar-refractivity contribution in [3.8, 4) is 0 Å². The number of rotatable bonds is 5. The molecule has 3 heteroatoms. The van der Waals surface area contributed by atoms with Crippen LogP contribution in [0.4, 0.5) is 4.39 Å². The van der Waals surface area contributed by atoms with Gasteiger partial charge in [-0.3, -0.25) is 0 Å². The molecule has 2 saturated carbocycles. The predicted molar refractivity (Wildman–Crippen MR) is 67.8 cm³/mol. The molecule has 0 bridgehead atoms. The van der Waals surface area contributed by atoms with Crippen molar-refractivity contribution in [3.05, 3.63) is 0 Å². The monoisotopic (exact) mass is 243 g/mol. The maximum absolute atomic E-state index is 13.0. The van der Waals surface area contributed by atoms with Crippen molar-refractivity contribution in [2.45, 2.75) is 39.8 Å². The molecule has 100 valence electrons. The highest BCUT2D eigenvalue weighted by Crippen LogP contribution is 2.52. The molecule has 3 aliphatic rings. The largest absolute Gasteiger partial charge is 0.381 e. The molecule has 0 aromatic carbocycles. The SMILES string of the molecule is CC.CCOCC1(CN2CC3C(F)C3C2)CC1. The Bertz CT molecular complexity index is 243. The molecule has 0 aromatic heterocycles. The second kappa shape index (κ2) is 5.23. The zero-order valence-electron chi connectivity index (χ0n) is 11.4. The molecular weight excluding hydrogens is 217 g/mol. The number of halogens is 1. The Balaban J connectivity index is 0.000000514. The molecule has 0 spiro atoms. The summed E-state index contributed by atoms with van der Waals surface area (Å²) < 4.78 is 18.5. The topological polar surface area (TPSA) is 12.5 Å². The molecule has 17 heavy (non-hydrogen) atoms. The van der Waals surface area contributed by atoms with Gasteiger partial charge in [-0.15, -0.1) is 0 Å². The van der Waals surface area contributed by atoms with Gasteiger partial charge in [-0.25, -0.2) is 4.39 Å². The summed E-state index contributed by atoms with van der Waals surface area (Å²) in [6.45, 7) is 10.9. The highest BCUT2D eigenvalue weighted by atomic mass is 19.1. The van der Waals surface area contributed by atoms with E-state index in [1.807, 2.05) is 13.8 Å². The van der Waals surface area contributed by atoms with E-state index in [1.54, 1.807) is 0 Å². The second-order valence-electron chi connectivity index (χ2n) is 5.60. The number of nitrogens with zero attached hydrogens (tertiary/aromatic N) is 1. The Morgan fingerprint density at radius 3 is 2.29 bits per heavy atom. The summed E-state index contributed by atoms with van der Waals surface area (Å²) in [4.78, 5) is 2.46. The molecule has 3 fully saturated rings. The van der Waals surface area contributed by atoms with Gasteiger partial charge in [-0.05, 0) is 19.8 Å². The van der Waals surface area contributed by atoms with Gasteiger partial charge in [0.2, 0.25) is 0 Å².